The molecule has 0 bridgehead atoms. The molecule has 35 heavy (non-hydrogen) atoms. The van der Waals surface area contributed by atoms with E-state index in [-0.39, 0.29) is 30.2 Å². The molecule has 0 spiro atoms. The molecule has 3 aromatic rings. The predicted octanol–water partition coefficient (Wildman–Crippen LogP) is 6.66. The minimum absolute atomic E-state index is 0.156. The molecule has 0 aromatic heterocycles. The van der Waals surface area contributed by atoms with Crippen LogP contribution in [0.1, 0.15) is 16.7 Å². The third-order valence-electron chi connectivity index (χ3n) is 5.02. The molecule has 1 aliphatic rings. The van der Waals surface area contributed by atoms with E-state index >= 15 is 0 Å². The van der Waals surface area contributed by atoms with Crippen LogP contribution in [0.25, 0.3) is 6.08 Å². The smallest absolute Gasteiger partial charge is 0.293 e. The number of aryl methyl sites for hydroxylation is 1. The van der Waals surface area contributed by atoms with Crippen LogP contribution in [0.2, 0.25) is 5.02 Å². The summed E-state index contributed by atoms with van der Waals surface area (Å²) < 4.78 is 6.25. The number of rotatable bonds is 7. The van der Waals surface area contributed by atoms with Gasteiger partial charge in [0.25, 0.3) is 17.1 Å². The van der Waals surface area contributed by atoms with Crippen molar-refractivity contribution in [2.45, 2.75) is 13.5 Å². The fourth-order valence-electron chi connectivity index (χ4n) is 3.39. The molecule has 6 nitrogen and oxygen atoms in total. The van der Waals surface area contributed by atoms with Crippen LogP contribution in [0.5, 0.6) is 5.75 Å². The summed E-state index contributed by atoms with van der Waals surface area (Å²) in [5.74, 6) is -0.153. The quantitative estimate of drug-likeness (QED) is 0.321. The first kappa shape index (κ1) is 25.0. The second-order valence-electron chi connectivity index (χ2n) is 7.79. The molecule has 0 atom stereocenters. The van der Waals surface area contributed by atoms with Crippen molar-refractivity contribution in [1.82, 2.24) is 4.90 Å². The lowest BCUT2D eigenvalue weighted by atomic mass is 10.2. The molecular formula is C26H20BrClN2O4S. The Hall–Kier alpha value is -3.07. The first-order valence-corrected chi connectivity index (χ1v) is 12.6. The SMILES string of the molecule is Cc1cccc(NC(=O)COc2ccc(/C=C3\SC(=O)N(Cc4cccc(Cl)c4)C3=O)cc2Br)c1. The van der Waals surface area contributed by atoms with Crippen LogP contribution in [0.15, 0.2) is 76.1 Å². The van der Waals surface area contributed by atoms with E-state index in [1.54, 1.807) is 42.5 Å². The molecule has 4 rings (SSSR count). The number of thioether (sulfide) groups is 1. The minimum atomic E-state index is -0.357. The third kappa shape index (κ3) is 6.54. The van der Waals surface area contributed by atoms with Gasteiger partial charge in [0.05, 0.1) is 15.9 Å². The van der Waals surface area contributed by atoms with E-state index in [1.165, 1.54) is 4.90 Å². The number of amides is 3. The van der Waals surface area contributed by atoms with Crippen LogP contribution >= 0.6 is 39.3 Å². The number of hydrogen-bond acceptors (Lipinski definition) is 5. The Balaban J connectivity index is 1.39. The van der Waals surface area contributed by atoms with Gasteiger partial charge in [-0.05, 0) is 93.8 Å². The van der Waals surface area contributed by atoms with Crippen LogP contribution < -0.4 is 10.1 Å². The molecule has 1 fully saturated rings. The van der Waals surface area contributed by atoms with Crippen LogP contribution in [-0.4, -0.2) is 28.6 Å². The van der Waals surface area contributed by atoms with Gasteiger partial charge in [-0.25, -0.2) is 0 Å². The maximum absolute atomic E-state index is 12.8. The Morgan fingerprint density at radius 3 is 2.66 bits per heavy atom. The number of halogens is 2. The number of benzene rings is 3. The number of ether oxygens (including phenoxy) is 1. The Kier molecular flexibility index (Phi) is 7.95. The Labute approximate surface area is 220 Å². The number of hydrogen-bond donors (Lipinski definition) is 1. The Morgan fingerprint density at radius 1 is 1.11 bits per heavy atom. The van der Waals surface area contributed by atoms with E-state index in [0.717, 1.165) is 22.9 Å². The molecule has 178 valence electrons. The number of nitrogens with one attached hydrogen (secondary N) is 1. The highest BCUT2D eigenvalue weighted by Crippen LogP contribution is 2.35. The first-order chi connectivity index (χ1) is 16.8. The topological polar surface area (TPSA) is 75.7 Å². The zero-order chi connectivity index (χ0) is 24.9. The monoisotopic (exact) mass is 570 g/mol. The van der Waals surface area contributed by atoms with Crippen LogP contribution in [0, 0.1) is 6.92 Å². The summed E-state index contributed by atoms with van der Waals surface area (Å²) in [6.07, 6.45) is 1.65. The minimum Gasteiger partial charge on any atom is -0.483 e. The fraction of sp³-hybridized carbons (Fsp3) is 0.115. The van der Waals surface area contributed by atoms with Gasteiger partial charge in [0, 0.05) is 10.7 Å². The van der Waals surface area contributed by atoms with E-state index in [4.69, 9.17) is 16.3 Å². The average molecular weight is 572 g/mol. The van der Waals surface area contributed by atoms with Gasteiger partial charge in [-0.15, -0.1) is 0 Å². The van der Waals surface area contributed by atoms with Crippen molar-refractivity contribution in [2.24, 2.45) is 0 Å². The van der Waals surface area contributed by atoms with E-state index < -0.39 is 0 Å². The van der Waals surface area contributed by atoms with E-state index in [9.17, 15) is 14.4 Å². The van der Waals surface area contributed by atoms with E-state index in [0.29, 0.717) is 31.4 Å². The zero-order valence-electron chi connectivity index (χ0n) is 18.6. The lowest BCUT2D eigenvalue weighted by Crippen LogP contribution is -2.27. The van der Waals surface area contributed by atoms with Crippen molar-refractivity contribution < 1.29 is 19.1 Å². The summed E-state index contributed by atoms with van der Waals surface area (Å²) in [5.41, 5.74) is 3.24. The van der Waals surface area contributed by atoms with Crippen molar-refractivity contribution in [2.75, 3.05) is 11.9 Å². The van der Waals surface area contributed by atoms with Gasteiger partial charge in [0.2, 0.25) is 0 Å². The molecule has 0 aliphatic carbocycles. The first-order valence-electron chi connectivity index (χ1n) is 10.6. The Bertz CT molecular complexity index is 1340. The maximum atomic E-state index is 12.8. The summed E-state index contributed by atoms with van der Waals surface area (Å²) in [6, 6.07) is 19.8. The second kappa shape index (κ2) is 11.1. The van der Waals surface area contributed by atoms with Crippen LogP contribution in [0.3, 0.4) is 0 Å². The van der Waals surface area contributed by atoms with Gasteiger partial charge in [0.15, 0.2) is 6.61 Å². The van der Waals surface area contributed by atoms with Gasteiger partial charge in [-0.2, -0.15) is 0 Å². The highest BCUT2D eigenvalue weighted by molar-refractivity contribution is 9.10. The molecule has 0 unspecified atom stereocenters. The van der Waals surface area contributed by atoms with Crippen LogP contribution in [-0.2, 0) is 16.1 Å². The molecule has 3 aromatic carbocycles. The average Bonchev–Trinajstić information content (AvgIpc) is 3.06. The molecule has 3 amide bonds. The van der Waals surface area contributed by atoms with Gasteiger partial charge >= 0.3 is 0 Å². The molecule has 1 N–H and O–H groups in total. The highest BCUT2D eigenvalue weighted by Gasteiger charge is 2.35. The van der Waals surface area contributed by atoms with Gasteiger partial charge in [-0.1, -0.05) is 41.9 Å². The standard InChI is InChI=1S/C26H20BrClN2O4S/c1-16-4-2-7-20(10-16)29-24(31)15-34-22-9-8-17(12-21(22)27)13-23-25(32)30(26(33)35-23)14-18-5-3-6-19(28)11-18/h2-13H,14-15H2,1H3,(H,29,31)/b23-13-. The number of nitrogens with zero attached hydrogens (tertiary/aromatic N) is 1. The summed E-state index contributed by atoms with van der Waals surface area (Å²) in [6.45, 7) is 1.95. The highest BCUT2D eigenvalue weighted by atomic mass is 79.9. The van der Waals surface area contributed by atoms with Crippen molar-refractivity contribution in [3.63, 3.8) is 0 Å². The number of carbonyl (C=O) groups excluding carboxylic acids is 3. The van der Waals surface area contributed by atoms with E-state index in [2.05, 4.69) is 21.2 Å². The second-order valence-corrected chi connectivity index (χ2v) is 10.1. The van der Waals surface area contributed by atoms with Crippen molar-refractivity contribution in [3.8, 4) is 5.75 Å². The van der Waals surface area contributed by atoms with Crippen molar-refractivity contribution in [1.29, 1.82) is 0 Å². The molecule has 1 saturated heterocycles. The summed E-state index contributed by atoms with van der Waals surface area (Å²) in [4.78, 5) is 39.0. The molecular weight excluding hydrogens is 552 g/mol. The molecule has 0 radical (unpaired) electrons. The predicted molar refractivity (Wildman–Crippen MR) is 142 cm³/mol. The molecule has 1 aliphatic heterocycles. The van der Waals surface area contributed by atoms with Gasteiger partial charge in [0.1, 0.15) is 5.75 Å². The maximum Gasteiger partial charge on any atom is 0.293 e. The molecule has 0 saturated carbocycles. The summed E-state index contributed by atoms with van der Waals surface area (Å²) >= 11 is 10.3. The fourth-order valence-corrected chi connectivity index (χ4v) is 4.95. The largest absolute Gasteiger partial charge is 0.483 e. The van der Waals surface area contributed by atoms with Gasteiger partial charge < -0.3 is 10.1 Å². The molecule has 9 heteroatoms. The normalized spacial score (nSPS) is 14.5. The van der Waals surface area contributed by atoms with Crippen molar-refractivity contribution >= 4 is 68.1 Å². The molecule has 1 heterocycles. The lowest BCUT2D eigenvalue weighted by molar-refractivity contribution is -0.123. The third-order valence-corrected chi connectivity index (χ3v) is 6.78. The van der Waals surface area contributed by atoms with Gasteiger partial charge in [-0.3, -0.25) is 19.3 Å². The summed E-state index contributed by atoms with van der Waals surface area (Å²) in [5, 5.41) is 3.01. The lowest BCUT2D eigenvalue weighted by Gasteiger charge is -2.12. The van der Waals surface area contributed by atoms with E-state index in [1.807, 2.05) is 37.3 Å². The zero-order valence-corrected chi connectivity index (χ0v) is 21.7. The van der Waals surface area contributed by atoms with Crippen molar-refractivity contribution in [3.05, 3.63) is 97.8 Å². The Morgan fingerprint density at radius 2 is 1.91 bits per heavy atom. The number of imide groups is 1. The van der Waals surface area contributed by atoms with Crippen LogP contribution in [0.4, 0.5) is 10.5 Å². The number of anilines is 1. The number of carbonyl (C=O) groups is 3. The summed E-state index contributed by atoms with van der Waals surface area (Å²) in [7, 11) is 0.